The van der Waals surface area contributed by atoms with Crippen LogP contribution in [-0.2, 0) is 4.74 Å². The van der Waals surface area contributed by atoms with E-state index in [4.69, 9.17) is 4.74 Å². The number of aryl methyl sites for hydroxylation is 3. The van der Waals surface area contributed by atoms with Crippen LogP contribution in [0.5, 0.6) is 0 Å². The van der Waals surface area contributed by atoms with E-state index in [9.17, 15) is 0 Å². The average Bonchev–Trinajstić information content (AvgIpc) is 2.72. The summed E-state index contributed by atoms with van der Waals surface area (Å²) in [4.78, 5) is 6.93. The molecule has 1 aliphatic heterocycles. The van der Waals surface area contributed by atoms with Crippen molar-refractivity contribution in [3.63, 3.8) is 0 Å². The molecule has 7 heteroatoms. The number of rotatable bonds is 5. The van der Waals surface area contributed by atoms with Crippen molar-refractivity contribution in [2.75, 3.05) is 41.8 Å². The summed E-state index contributed by atoms with van der Waals surface area (Å²) >= 11 is 0. The van der Waals surface area contributed by atoms with Crippen LogP contribution in [0.3, 0.4) is 0 Å². The maximum absolute atomic E-state index is 5.48. The second-order valence-electron chi connectivity index (χ2n) is 7.31. The molecule has 4 rings (SSSR count). The maximum atomic E-state index is 5.48. The first-order chi connectivity index (χ1) is 14.1. The summed E-state index contributed by atoms with van der Waals surface area (Å²) in [5, 5.41) is 15.0. The molecule has 2 N–H and O–H groups in total. The van der Waals surface area contributed by atoms with Gasteiger partial charge in [-0.25, -0.2) is 0 Å². The predicted molar refractivity (Wildman–Crippen MR) is 117 cm³/mol. The fraction of sp³-hybridized carbons (Fsp3) is 0.318. The van der Waals surface area contributed by atoms with Gasteiger partial charge in [0, 0.05) is 18.8 Å². The minimum Gasteiger partial charge on any atom is -0.378 e. The van der Waals surface area contributed by atoms with E-state index in [1.54, 1.807) is 6.20 Å². The second-order valence-corrected chi connectivity index (χ2v) is 7.31. The molecule has 1 saturated heterocycles. The molecule has 0 atom stereocenters. The Hall–Kier alpha value is -3.19. The fourth-order valence-electron chi connectivity index (χ4n) is 3.70. The average molecular weight is 390 g/mol. The van der Waals surface area contributed by atoms with Crippen LogP contribution in [0.2, 0.25) is 0 Å². The van der Waals surface area contributed by atoms with Crippen molar-refractivity contribution in [2.45, 2.75) is 20.8 Å². The molecule has 0 spiro atoms. The lowest BCUT2D eigenvalue weighted by Gasteiger charge is -2.30. The van der Waals surface area contributed by atoms with E-state index in [0.29, 0.717) is 11.8 Å². The van der Waals surface area contributed by atoms with Crippen molar-refractivity contribution in [1.82, 2.24) is 15.2 Å². The van der Waals surface area contributed by atoms with Crippen LogP contribution < -0.4 is 15.5 Å². The number of hydrogen-bond acceptors (Lipinski definition) is 7. The van der Waals surface area contributed by atoms with Crippen molar-refractivity contribution in [2.24, 2.45) is 0 Å². The molecule has 3 aromatic rings. The van der Waals surface area contributed by atoms with E-state index < -0.39 is 0 Å². The minimum atomic E-state index is 0.467. The number of morpholine rings is 1. The number of nitrogens with one attached hydrogen (secondary N) is 2. The van der Waals surface area contributed by atoms with Crippen LogP contribution >= 0.6 is 0 Å². The van der Waals surface area contributed by atoms with E-state index in [-0.39, 0.29) is 0 Å². The van der Waals surface area contributed by atoms with E-state index >= 15 is 0 Å². The van der Waals surface area contributed by atoms with Gasteiger partial charge in [-0.05, 0) is 44.0 Å². The third kappa shape index (κ3) is 4.46. The summed E-state index contributed by atoms with van der Waals surface area (Å²) in [6, 6.07) is 12.5. The molecule has 150 valence electrons. The van der Waals surface area contributed by atoms with Crippen LogP contribution in [0, 0.1) is 20.8 Å². The molecule has 0 amide bonds. The lowest BCUT2D eigenvalue weighted by molar-refractivity contribution is 0.123. The van der Waals surface area contributed by atoms with Gasteiger partial charge in [0.15, 0.2) is 5.82 Å². The van der Waals surface area contributed by atoms with E-state index in [0.717, 1.165) is 54.5 Å². The zero-order chi connectivity index (χ0) is 20.2. The molecule has 0 aliphatic carbocycles. The van der Waals surface area contributed by atoms with Crippen LogP contribution in [0.1, 0.15) is 16.7 Å². The van der Waals surface area contributed by atoms with Gasteiger partial charge >= 0.3 is 0 Å². The van der Waals surface area contributed by atoms with Gasteiger partial charge in [0.25, 0.3) is 0 Å². The van der Waals surface area contributed by atoms with Gasteiger partial charge in [-0.3, -0.25) is 0 Å². The largest absolute Gasteiger partial charge is 0.378 e. The molecule has 0 unspecified atom stereocenters. The van der Waals surface area contributed by atoms with Gasteiger partial charge in [-0.1, -0.05) is 29.8 Å². The molecular formula is C22H26N6O. The molecule has 0 radical (unpaired) electrons. The Labute approximate surface area is 171 Å². The highest BCUT2D eigenvalue weighted by Crippen LogP contribution is 2.29. The van der Waals surface area contributed by atoms with Gasteiger partial charge in [0.1, 0.15) is 0 Å². The number of ether oxygens (including phenoxy) is 1. The number of hydrogen-bond donors (Lipinski definition) is 2. The molecule has 1 fully saturated rings. The highest BCUT2D eigenvalue weighted by molar-refractivity contribution is 5.74. The van der Waals surface area contributed by atoms with Gasteiger partial charge in [0.05, 0.1) is 30.8 Å². The third-order valence-electron chi connectivity index (χ3n) is 4.99. The maximum Gasteiger partial charge on any atom is 0.249 e. The van der Waals surface area contributed by atoms with Crippen molar-refractivity contribution in [3.05, 3.63) is 59.3 Å². The summed E-state index contributed by atoms with van der Waals surface area (Å²) in [5.74, 6) is 1.11. The molecule has 2 heterocycles. The highest BCUT2D eigenvalue weighted by atomic mass is 16.5. The highest BCUT2D eigenvalue weighted by Gasteiger charge is 2.15. The number of benzene rings is 2. The first kappa shape index (κ1) is 19.1. The lowest BCUT2D eigenvalue weighted by Crippen LogP contribution is -2.36. The smallest absolute Gasteiger partial charge is 0.249 e. The second kappa shape index (κ2) is 8.45. The SMILES string of the molecule is Cc1cc(C)c(Nc2nncc(Nc3ccccc3N3CCOCC3)n2)c(C)c1. The standard InChI is InChI=1S/C22H26N6O/c1-15-12-16(2)21(17(3)13-15)26-22-25-20(14-23-27-22)24-18-6-4-5-7-19(18)28-8-10-29-11-9-28/h4-7,12-14H,8-11H2,1-3H3,(H2,24,25,26,27). The van der Waals surface area contributed by atoms with Crippen molar-refractivity contribution in [3.8, 4) is 0 Å². The Kier molecular flexibility index (Phi) is 5.57. The summed E-state index contributed by atoms with van der Waals surface area (Å²) in [6.45, 7) is 9.49. The van der Waals surface area contributed by atoms with Gasteiger partial charge in [0.2, 0.25) is 5.95 Å². The van der Waals surface area contributed by atoms with Crippen LogP contribution in [0.4, 0.5) is 28.8 Å². The minimum absolute atomic E-state index is 0.467. The summed E-state index contributed by atoms with van der Waals surface area (Å²) in [7, 11) is 0. The van der Waals surface area contributed by atoms with Gasteiger partial charge in [-0.15, -0.1) is 5.10 Å². The first-order valence-electron chi connectivity index (χ1n) is 9.83. The zero-order valence-corrected chi connectivity index (χ0v) is 17.1. The van der Waals surface area contributed by atoms with Crippen molar-refractivity contribution in [1.29, 1.82) is 0 Å². The van der Waals surface area contributed by atoms with Crippen LogP contribution in [0.15, 0.2) is 42.6 Å². The molecule has 0 bridgehead atoms. The van der Waals surface area contributed by atoms with Crippen molar-refractivity contribution < 1.29 is 4.74 Å². The number of nitrogens with zero attached hydrogens (tertiary/aromatic N) is 4. The van der Waals surface area contributed by atoms with Crippen LogP contribution in [0.25, 0.3) is 0 Å². The summed E-state index contributed by atoms with van der Waals surface area (Å²) in [6.07, 6.45) is 1.64. The normalized spacial score (nSPS) is 14.0. The summed E-state index contributed by atoms with van der Waals surface area (Å²) in [5.41, 5.74) is 6.69. The molecule has 2 aromatic carbocycles. The van der Waals surface area contributed by atoms with Gasteiger partial charge < -0.3 is 20.3 Å². The van der Waals surface area contributed by atoms with Crippen LogP contribution in [-0.4, -0.2) is 41.5 Å². The Morgan fingerprint density at radius 1 is 0.966 bits per heavy atom. The fourth-order valence-corrected chi connectivity index (χ4v) is 3.70. The lowest BCUT2D eigenvalue weighted by atomic mass is 10.1. The van der Waals surface area contributed by atoms with E-state index in [2.05, 4.69) is 69.7 Å². The summed E-state index contributed by atoms with van der Waals surface area (Å²) < 4.78 is 5.48. The quantitative estimate of drug-likeness (QED) is 0.679. The topological polar surface area (TPSA) is 75.2 Å². The molecule has 1 aliphatic rings. The zero-order valence-electron chi connectivity index (χ0n) is 17.1. The van der Waals surface area contributed by atoms with E-state index in [1.165, 1.54) is 5.56 Å². The monoisotopic (exact) mass is 390 g/mol. The Morgan fingerprint density at radius 2 is 1.69 bits per heavy atom. The van der Waals surface area contributed by atoms with Gasteiger partial charge in [-0.2, -0.15) is 10.1 Å². The number of aromatic nitrogens is 3. The predicted octanol–water partition coefficient (Wildman–Crippen LogP) is 4.12. The molecule has 0 saturated carbocycles. The first-order valence-corrected chi connectivity index (χ1v) is 9.83. The van der Waals surface area contributed by atoms with Crippen molar-refractivity contribution >= 4 is 28.8 Å². The Morgan fingerprint density at radius 3 is 2.45 bits per heavy atom. The third-order valence-corrected chi connectivity index (χ3v) is 4.99. The molecule has 7 nitrogen and oxygen atoms in total. The Bertz CT molecular complexity index is 977. The number of para-hydroxylation sites is 2. The molecule has 29 heavy (non-hydrogen) atoms. The molecular weight excluding hydrogens is 364 g/mol. The van der Waals surface area contributed by atoms with E-state index in [1.807, 2.05) is 18.2 Å². The number of anilines is 5. The Balaban J connectivity index is 1.56. The molecule has 1 aromatic heterocycles.